The third-order valence-electron chi connectivity index (χ3n) is 3.24. The van der Waals surface area contributed by atoms with Crippen LogP contribution in [0.5, 0.6) is 0 Å². The van der Waals surface area contributed by atoms with Crippen LogP contribution in [-0.2, 0) is 11.2 Å². The van der Waals surface area contributed by atoms with E-state index in [-0.39, 0.29) is 6.42 Å². The largest absolute Gasteiger partial charge is 0.480 e. The summed E-state index contributed by atoms with van der Waals surface area (Å²) < 4.78 is 0. The van der Waals surface area contributed by atoms with Crippen molar-refractivity contribution in [1.82, 2.24) is 9.97 Å². The first-order valence-corrected chi connectivity index (χ1v) is 6.27. The van der Waals surface area contributed by atoms with E-state index in [9.17, 15) is 4.79 Å². The van der Waals surface area contributed by atoms with Crippen LogP contribution >= 0.6 is 0 Å². The zero-order chi connectivity index (χ0) is 14.1. The van der Waals surface area contributed by atoms with Crippen LogP contribution in [0.1, 0.15) is 5.69 Å². The van der Waals surface area contributed by atoms with E-state index in [2.05, 4.69) is 9.97 Å². The van der Waals surface area contributed by atoms with Crippen LogP contribution in [-0.4, -0.2) is 27.1 Å². The van der Waals surface area contributed by atoms with Gasteiger partial charge in [-0.1, -0.05) is 24.3 Å². The molecule has 3 N–H and O–H groups in total. The molecule has 3 rings (SSSR count). The number of aliphatic carboxylic acids is 1. The highest BCUT2D eigenvalue weighted by Crippen LogP contribution is 2.22. The number of hydrogen-bond donors (Lipinski definition) is 2. The minimum absolute atomic E-state index is 0.203. The fourth-order valence-electron chi connectivity index (χ4n) is 2.19. The molecule has 2 aromatic heterocycles. The number of nitrogens with zero attached hydrogens (tertiary/aromatic N) is 2. The average Bonchev–Trinajstić information content (AvgIpc) is 2.47. The van der Waals surface area contributed by atoms with Crippen LogP contribution in [0.3, 0.4) is 0 Å². The fourth-order valence-corrected chi connectivity index (χ4v) is 2.19. The first-order valence-electron chi connectivity index (χ1n) is 6.27. The SMILES string of the molecule is NC(Cc1ccc2ccc3cccnc3c2n1)C(=O)O. The summed E-state index contributed by atoms with van der Waals surface area (Å²) in [4.78, 5) is 19.7. The van der Waals surface area contributed by atoms with Crippen LogP contribution in [0, 0.1) is 0 Å². The number of carboxylic acids is 1. The second-order valence-corrected chi connectivity index (χ2v) is 4.66. The molecular weight excluding hydrogens is 254 g/mol. The Kier molecular flexibility index (Phi) is 3.04. The summed E-state index contributed by atoms with van der Waals surface area (Å²) >= 11 is 0. The normalized spacial score (nSPS) is 12.7. The topological polar surface area (TPSA) is 89.1 Å². The number of fused-ring (bicyclic) bond motifs is 3. The predicted molar refractivity (Wildman–Crippen MR) is 76.4 cm³/mol. The van der Waals surface area contributed by atoms with Crippen molar-refractivity contribution < 1.29 is 9.90 Å². The lowest BCUT2D eigenvalue weighted by Crippen LogP contribution is -2.32. The summed E-state index contributed by atoms with van der Waals surface area (Å²) in [6, 6.07) is 10.6. The minimum atomic E-state index is -1.03. The van der Waals surface area contributed by atoms with Gasteiger partial charge in [0.25, 0.3) is 0 Å². The molecule has 0 fully saturated rings. The van der Waals surface area contributed by atoms with Crippen molar-refractivity contribution in [2.24, 2.45) is 5.73 Å². The Balaban J connectivity index is 2.13. The van der Waals surface area contributed by atoms with Gasteiger partial charge >= 0.3 is 5.97 Å². The number of pyridine rings is 2. The molecule has 20 heavy (non-hydrogen) atoms. The second-order valence-electron chi connectivity index (χ2n) is 4.66. The van der Waals surface area contributed by atoms with Gasteiger partial charge in [-0.3, -0.25) is 14.8 Å². The molecule has 0 spiro atoms. The number of hydrogen-bond acceptors (Lipinski definition) is 4. The zero-order valence-corrected chi connectivity index (χ0v) is 10.7. The highest BCUT2D eigenvalue weighted by molar-refractivity contribution is 6.02. The molecule has 1 aromatic carbocycles. The molecular formula is C15H13N3O2. The van der Waals surface area contributed by atoms with E-state index in [1.807, 2.05) is 30.3 Å². The molecule has 0 aliphatic rings. The van der Waals surface area contributed by atoms with E-state index in [4.69, 9.17) is 10.8 Å². The maximum absolute atomic E-state index is 10.8. The Labute approximate surface area is 115 Å². The number of carboxylic acid groups (broad SMARTS) is 1. The van der Waals surface area contributed by atoms with Crippen molar-refractivity contribution in [3.8, 4) is 0 Å². The molecule has 0 aliphatic heterocycles. The summed E-state index contributed by atoms with van der Waals surface area (Å²) in [7, 11) is 0. The van der Waals surface area contributed by atoms with E-state index in [0.717, 1.165) is 21.8 Å². The molecule has 5 heteroatoms. The Morgan fingerprint density at radius 3 is 2.60 bits per heavy atom. The monoisotopic (exact) mass is 267 g/mol. The summed E-state index contributed by atoms with van der Waals surface area (Å²) in [6.45, 7) is 0. The summed E-state index contributed by atoms with van der Waals surface area (Å²) in [5.74, 6) is -1.03. The maximum atomic E-state index is 10.8. The lowest BCUT2D eigenvalue weighted by atomic mass is 10.1. The number of benzene rings is 1. The van der Waals surface area contributed by atoms with Gasteiger partial charge in [0.2, 0.25) is 0 Å². The second kappa shape index (κ2) is 4.86. The summed E-state index contributed by atoms with van der Waals surface area (Å²) in [5, 5.41) is 10.8. The molecule has 0 bridgehead atoms. The van der Waals surface area contributed by atoms with Gasteiger partial charge in [0, 0.05) is 29.1 Å². The highest BCUT2D eigenvalue weighted by atomic mass is 16.4. The van der Waals surface area contributed by atoms with Gasteiger partial charge in [-0.15, -0.1) is 0 Å². The summed E-state index contributed by atoms with van der Waals surface area (Å²) in [5.41, 5.74) is 7.80. The number of rotatable bonds is 3. The van der Waals surface area contributed by atoms with Crippen LogP contribution in [0.25, 0.3) is 21.8 Å². The van der Waals surface area contributed by atoms with E-state index in [1.54, 1.807) is 12.3 Å². The molecule has 5 nitrogen and oxygen atoms in total. The van der Waals surface area contributed by atoms with E-state index in [0.29, 0.717) is 5.69 Å². The van der Waals surface area contributed by atoms with Gasteiger partial charge in [0.05, 0.1) is 11.0 Å². The molecule has 100 valence electrons. The minimum Gasteiger partial charge on any atom is -0.480 e. The predicted octanol–water partition coefficient (Wildman–Crippen LogP) is 1.74. The first kappa shape index (κ1) is 12.5. The quantitative estimate of drug-likeness (QED) is 0.705. The standard InChI is InChI=1S/C15H13N3O2/c16-12(15(19)20)8-11-6-5-10-4-3-9-2-1-7-17-13(9)14(10)18-11/h1-7,12H,8,16H2,(H,19,20). The molecule has 0 radical (unpaired) electrons. The molecule has 0 amide bonds. The van der Waals surface area contributed by atoms with Crippen LogP contribution in [0.2, 0.25) is 0 Å². The van der Waals surface area contributed by atoms with Crippen molar-refractivity contribution in [3.05, 3.63) is 48.3 Å². The molecule has 2 heterocycles. The molecule has 0 saturated carbocycles. The Morgan fingerprint density at radius 2 is 1.85 bits per heavy atom. The smallest absolute Gasteiger partial charge is 0.320 e. The van der Waals surface area contributed by atoms with Crippen molar-refractivity contribution in [3.63, 3.8) is 0 Å². The lowest BCUT2D eigenvalue weighted by Gasteiger charge is -2.08. The van der Waals surface area contributed by atoms with Gasteiger partial charge in [0.15, 0.2) is 0 Å². The zero-order valence-electron chi connectivity index (χ0n) is 10.7. The molecule has 1 atom stereocenters. The first-order chi connectivity index (χ1) is 9.65. The van der Waals surface area contributed by atoms with Gasteiger partial charge in [-0.2, -0.15) is 0 Å². The third kappa shape index (κ3) is 2.19. The average molecular weight is 267 g/mol. The third-order valence-corrected chi connectivity index (χ3v) is 3.24. The Hall–Kier alpha value is -2.53. The van der Waals surface area contributed by atoms with Gasteiger partial charge in [-0.25, -0.2) is 0 Å². The van der Waals surface area contributed by atoms with Gasteiger partial charge in [-0.05, 0) is 12.1 Å². The summed E-state index contributed by atoms with van der Waals surface area (Å²) in [6.07, 6.45) is 1.92. The van der Waals surface area contributed by atoms with E-state index < -0.39 is 12.0 Å². The number of aromatic nitrogens is 2. The van der Waals surface area contributed by atoms with E-state index >= 15 is 0 Å². The molecule has 1 unspecified atom stereocenters. The van der Waals surface area contributed by atoms with Gasteiger partial charge < -0.3 is 10.8 Å². The number of nitrogens with two attached hydrogens (primary N) is 1. The van der Waals surface area contributed by atoms with Gasteiger partial charge in [0.1, 0.15) is 6.04 Å². The van der Waals surface area contributed by atoms with E-state index in [1.165, 1.54) is 0 Å². The van der Waals surface area contributed by atoms with Crippen LogP contribution in [0.4, 0.5) is 0 Å². The maximum Gasteiger partial charge on any atom is 0.320 e. The molecule has 3 aromatic rings. The van der Waals surface area contributed by atoms with Crippen molar-refractivity contribution in [1.29, 1.82) is 0 Å². The Morgan fingerprint density at radius 1 is 1.15 bits per heavy atom. The number of carbonyl (C=O) groups is 1. The molecule has 0 aliphatic carbocycles. The van der Waals surface area contributed by atoms with Crippen LogP contribution in [0.15, 0.2) is 42.6 Å². The van der Waals surface area contributed by atoms with Crippen molar-refractivity contribution in [2.75, 3.05) is 0 Å². The van der Waals surface area contributed by atoms with Crippen molar-refractivity contribution >= 4 is 27.8 Å². The van der Waals surface area contributed by atoms with Crippen molar-refractivity contribution in [2.45, 2.75) is 12.5 Å². The highest BCUT2D eigenvalue weighted by Gasteiger charge is 2.13. The lowest BCUT2D eigenvalue weighted by molar-refractivity contribution is -0.138. The van der Waals surface area contributed by atoms with Crippen LogP contribution < -0.4 is 5.73 Å². The molecule has 0 saturated heterocycles. The fraction of sp³-hybridized carbons (Fsp3) is 0.133. The Bertz CT molecular complexity index is 801.